The summed E-state index contributed by atoms with van der Waals surface area (Å²) in [6.45, 7) is 6.58. The Hall–Kier alpha value is -2.09. The van der Waals surface area contributed by atoms with Gasteiger partial charge in [-0.25, -0.2) is 0 Å². The summed E-state index contributed by atoms with van der Waals surface area (Å²) in [5.41, 5.74) is 3.99. The minimum atomic E-state index is 0.343. The first kappa shape index (κ1) is 16.8. The van der Waals surface area contributed by atoms with Gasteiger partial charge in [-0.2, -0.15) is 0 Å². The average Bonchev–Trinajstić information content (AvgIpc) is 2.60. The van der Waals surface area contributed by atoms with Crippen LogP contribution < -0.4 is 0 Å². The van der Waals surface area contributed by atoms with Gasteiger partial charge in [0.25, 0.3) is 0 Å². The average molecular weight is 321 g/mol. The predicted octanol–water partition coefficient (Wildman–Crippen LogP) is 5.61. The largest absolute Gasteiger partial charge is 0.507 e. The molecular formula is C22H27NO. The van der Waals surface area contributed by atoms with E-state index in [2.05, 4.69) is 26.0 Å². The normalized spacial score (nSPS) is 24.4. The van der Waals surface area contributed by atoms with Gasteiger partial charge in [-0.1, -0.05) is 57.0 Å². The molecule has 0 amide bonds. The van der Waals surface area contributed by atoms with Gasteiger partial charge >= 0.3 is 0 Å². The molecule has 0 heterocycles. The lowest BCUT2D eigenvalue weighted by Crippen LogP contribution is -2.27. The van der Waals surface area contributed by atoms with E-state index in [1.54, 1.807) is 0 Å². The molecule has 0 spiro atoms. The van der Waals surface area contributed by atoms with Gasteiger partial charge in [-0.3, -0.25) is 4.99 Å². The topological polar surface area (TPSA) is 32.6 Å². The number of aromatic hydroxyl groups is 1. The number of aliphatic imine (C=N–C) groups is 1. The van der Waals surface area contributed by atoms with Crippen LogP contribution in [0.25, 0.3) is 11.1 Å². The number of aryl methyl sites for hydroxylation is 1. The second kappa shape index (κ2) is 7.21. The van der Waals surface area contributed by atoms with E-state index in [0.29, 0.717) is 17.7 Å². The number of phenolic OH excluding ortho intramolecular Hbond substituents is 1. The van der Waals surface area contributed by atoms with Crippen LogP contribution in [0.4, 0.5) is 0 Å². The van der Waals surface area contributed by atoms with Crippen molar-refractivity contribution in [2.75, 3.05) is 0 Å². The van der Waals surface area contributed by atoms with Gasteiger partial charge in [0.2, 0.25) is 0 Å². The van der Waals surface area contributed by atoms with E-state index in [4.69, 9.17) is 4.99 Å². The molecule has 24 heavy (non-hydrogen) atoms. The van der Waals surface area contributed by atoms with Gasteiger partial charge in [0.1, 0.15) is 5.75 Å². The number of rotatable bonds is 3. The Kier molecular flexibility index (Phi) is 5.03. The van der Waals surface area contributed by atoms with Gasteiger partial charge < -0.3 is 5.11 Å². The third-order valence-corrected chi connectivity index (χ3v) is 5.51. The molecule has 0 radical (unpaired) electrons. The van der Waals surface area contributed by atoms with Crippen molar-refractivity contribution in [1.82, 2.24) is 0 Å². The molecule has 3 atom stereocenters. The van der Waals surface area contributed by atoms with Crippen LogP contribution in [0.1, 0.15) is 44.2 Å². The predicted molar refractivity (Wildman–Crippen MR) is 102 cm³/mol. The van der Waals surface area contributed by atoms with E-state index in [1.165, 1.54) is 12.8 Å². The molecule has 3 unspecified atom stereocenters. The Labute approximate surface area is 145 Å². The minimum absolute atomic E-state index is 0.343. The zero-order valence-electron chi connectivity index (χ0n) is 14.9. The molecule has 2 aromatic carbocycles. The maximum absolute atomic E-state index is 10.4. The summed E-state index contributed by atoms with van der Waals surface area (Å²) in [6.07, 6.45) is 5.59. The zero-order valence-corrected chi connectivity index (χ0v) is 14.9. The van der Waals surface area contributed by atoms with Crippen molar-refractivity contribution in [3.8, 4) is 16.9 Å². The molecule has 1 aliphatic rings. The van der Waals surface area contributed by atoms with Crippen molar-refractivity contribution in [2.45, 2.75) is 46.1 Å². The highest BCUT2D eigenvalue weighted by atomic mass is 16.3. The van der Waals surface area contributed by atoms with E-state index < -0.39 is 0 Å². The lowest BCUT2D eigenvalue weighted by Gasteiger charge is -2.31. The van der Waals surface area contributed by atoms with Crippen molar-refractivity contribution < 1.29 is 5.11 Å². The van der Waals surface area contributed by atoms with Crippen LogP contribution >= 0.6 is 0 Å². The summed E-state index contributed by atoms with van der Waals surface area (Å²) in [7, 11) is 0. The molecule has 0 bridgehead atoms. The molecule has 1 saturated carbocycles. The molecule has 0 aromatic heterocycles. The fourth-order valence-corrected chi connectivity index (χ4v) is 3.64. The van der Waals surface area contributed by atoms with E-state index in [-0.39, 0.29) is 0 Å². The Balaban J connectivity index is 1.90. The molecule has 2 heteroatoms. The number of hydrogen-bond donors (Lipinski definition) is 1. The molecule has 1 fully saturated rings. The standard InChI is InChI=1S/C22H27NO/c1-15-8-7-11-21(17(15)3)23-14-20-13-19(12-16(2)22(20)24)18-9-5-4-6-10-18/h4-6,9-10,12-15,17,21,24H,7-8,11H2,1-3H3. The molecule has 2 aromatic rings. The highest BCUT2D eigenvalue weighted by molar-refractivity contribution is 5.87. The summed E-state index contributed by atoms with van der Waals surface area (Å²) in [5.74, 6) is 1.68. The second-order valence-corrected chi connectivity index (χ2v) is 7.21. The van der Waals surface area contributed by atoms with Crippen LogP contribution in [0.2, 0.25) is 0 Å². The first-order valence-corrected chi connectivity index (χ1v) is 8.98. The number of benzene rings is 2. The molecule has 0 aliphatic heterocycles. The summed E-state index contributed by atoms with van der Waals surface area (Å²) in [6, 6.07) is 14.7. The van der Waals surface area contributed by atoms with Crippen molar-refractivity contribution >= 4 is 6.21 Å². The Morgan fingerprint density at radius 2 is 1.79 bits per heavy atom. The van der Waals surface area contributed by atoms with E-state index in [1.807, 2.05) is 43.5 Å². The maximum atomic E-state index is 10.4. The molecule has 3 rings (SSSR count). The van der Waals surface area contributed by atoms with Crippen LogP contribution in [0, 0.1) is 18.8 Å². The molecule has 1 N–H and O–H groups in total. The zero-order chi connectivity index (χ0) is 17.1. The number of hydrogen-bond acceptors (Lipinski definition) is 2. The molecule has 2 nitrogen and oxygen atoms in total. The van der Waals surface area contributed by atoms with Gasteiger partial charge in [-0.05, 0) is 54.0 Å². The SMILES string of the molecule is Cc1cc(-c2ccccc2)cc(C=NC2CCCC(C)C2C)c1O. The monoisotopic (exact) mass is 321 g/mol. The number of phenols is 1. The minimum Gasteiger partial charge on any atom is -0.507 e. The van der Waals surface area contributed by atoms with Crippen LogP contribution in [0.3, 0.4) is 0 Å². The first-order valence-electron chi connectivity index (χ1n) is 8.98. The summed E-state index contributed by atoms with van der Waals surface area (Å²) >= 11 is 0. The highest BCUT2D eigenvalue weighted by Gasteiger charge is 2.26. The van der Waals surface area contributed by atoms with Crippen molar-refractivity contribution in [2.24, 2.45) is 16.8 Å². The lowest BCUT2D eigenvalue weighted by atomic mass is 9.78. The fourth-order valence-electron chi connectivity index (χ4n) is 3.64. The van der Waals surface area contributed by atoms with E-state index >= 15 is 0 Å². The van der Waals surface area contributed by atoms with Crippen LogP contribution in [0.5, 0.6) is 5.75 Å². The molecule has 126 valence electrons. The quantitative estimate of drug-likeness (QED) is 0.732. The summed E-state index contributed by atoms with van der Waals surface area (Å²) in [4.78, 5) is 4.84. The van der Waals surface area contributed by atoms with Gasteiger partial charge in [0, 0.05) is 11.8 Å². The summed E-state index contributed by atoms with van der Waals surface area (Å²) < 4.78 is 0. The summed E-state index contributed by atoms with van der Waals surface area (Å²) in [5, 5.41) is 10.4. The first-order chi connectivity index (χ1) is 11.6. The smallest absolute Gasteiger partial charge is 0.127 e. The highest BCUT2D eigenvalue weighted by Crippen LogP contribution is 2.32. The van der Waals surface area contributed by atoms with E-state index in [9.17, 15) is 5.11 Å². The van der Waals surface area contributed by atoms with Gasteiger partial charge in [0.05, 0.1) is 6.04 Å². The van der Waals surface area contributed by atoms with Crippen LogP contribution in [-0.2, 0) is 0 Å². The van der Waals surface area contributed by atoms with E-state index in [0.717, 1.165) is 34.6 Å². The fraction of sp³-hybridized carbons (Fsp3) is 0.409. The second-order valence-electron chi connectivity index (χ2n) is 7.21. The lowest BCUT2D eigenvalue weighted by molar-refractivity contribution is 0.242. The van der Waals surface area contributed by atoms with Gasteiger partial charge in [0.15, 0.2) is 0 Å². The number of nitrogens with zero attached hydrogens (tertiary/aromatic N) is 1. The van der Waals surface area contributed by atoms with Crippen molar-refractivity contribution in [1.29, 1.82) is 0 Å². The van der Waals surface area contributed by atoms with Crippen molar-refractivity contribution in [3.63, 3.8) is 0 Å². The molecule has 0 saturated heterocycles. The van der Waals surface area contributed by atoms with Crippen LogP contribution in [0.15, 0.2) is 47.5 Å². The Morgan fingerprint density at radius 3 is 2.54 bits per heavy atom. The van der Waals surface area contributed by atoms with Crippen molar-refractivity contribution in [3.05, 3.63) is 53.6 Å². The Bertz CT molecular complexity index is 720. The Morgan fingerprint density at radius 1 is 1.04 bits per heavy atom. The third kappa shape index (κ3) is 3.53. The third-order valence-electron chi connectivity index (χ3n) is 5.51. The van der Waals surface area contributed by atoms with Gasteiger partial charge in [-0.15, -0.1) is 0 Å². The molecule has 1 aliphatic carbocycles. The maximum Gasteiger partial charge on any atom is 0.127 e. The molecular weight excluding hydrogens is 294 g/mol. The van der Waals surface area contributed by atoms with Crippen LogP contribution in [-0.4, -0.2) is 17.4 Å².